The minimum Gasteiger partial charge on any atom is -0.298 e. The summed E-state index contributed by atoms with van der Waals surface area (Å²) in [6.45, 7) is 10.8. The molecule has 0 N–H and O–H groups in total. The fraction of sp³-hybridized carbons (Fsp3) is 0.458. The largest absolute Gasteiger partial charge is 0.298 e. The molecule has 0 atom stereocenters. The molecule has 5 nitrogen and oxygen atoms in total. The van der Waals surface area contributed by atoms with E-state index in [0.29, 0.717) is 29.6 Å². The van der Waals surface area contributed by atoms with Crippen LogP contribution in [0.1, 0.15) is 43.4 Å². The molecule has 1 saturated heterocycles. The van der Waals surface area contributed by atoms with Gasteiger partial charge in [0.25, 0.3) is 0 Å². The summed E-state index contributed by atoms with van der Waals surface area (Å²) in [4.78, 5) is 4.31. The number of halogens is 1. The maximum Gasteiger partial charge on any atom is 0.244 e. The molecule has 2 aromatic carbocycles. The van der Waals surface area contributed by atoms with Gasteiger partial charge in [0.1, 0.15) is 0 Å². The maximum atomic E-state index is 13.6. The number of rotatable bonds is 7. The van der Waals surface area contributed by atoms with Gasteiger partial charge in [-0.2, -0.15) is 9.57 Å². The van der Waals surface area contributed by atoms with E-state index in [0.717, 1.165) is 42.0 Å². The highest BCUT2D eigenvalue weighted by Gasteiger charge is 2.32. The molecule has 3 rings (SSSR count). The number of benzene rings is 2. The van der Waals surface area contributed by atoms with E-state index in [4.69, 9.17) is 0 Å². The van der Waals surface area contributed by atoms with Gasteiger partial charge in [-0.25, -0.2) is 8.42 Å². The molecule has 8 heteroatoms. The third kappa shape index (κ3) is 5.86. The first-order valence-corrected chi connectivity index (χ1v) is 13.1. The zero-order valence-electron chi connectivity index (χ0n) is 19.2. The van der Waals surface area contributed by atoms with Gasteiger partial charge >= 0.3 is 0 Å². The second-order valence-corrected chi connectivity index (χ2v) is 11.0. The Morgan fingerprint density at radius 1 is 1.00 bits per heavy atom. The number of nitriles is 1. The van der Waals surface area contributed by atoms with E-state index in [-0.39, 0.29) is 17.3 Å². The number of sulfonamides is 1. The maximum absolute atomic E-state index is 13.6. The van der Waals surface area contributed by atoms with E-state index < -0.39 is 10.0 Å². The van der Waals surface area contributed by atoms with Gasteiger partial charge in [0.05, 0.1) is 16.5 Å². The van der Waals surface area contributed by atoms with Crippen LogP contribution in [0.2, 0.25) is 0 Å². The van der Waals surface area contributed by atoms with Crippen molar-refractivity contribution in [2.75, 3.05) is 26.2 Å². The molecule has 2 aromatic rings. The lowest BCUT2D eigenvalue weighted by atomic mass is 10.1. The minimum atomic E-state index is -3.70. The molecule has 0 saturated carbocycles. The molecule has 0 aromatic heterocycles. The number of aryl methyl sites for hydroxylation is 2. The predicted molar refractivity (Wildman–Crippen MR) is 133 cm³/mol. The summed E-state index contributed by atoms with van der Waals surface area (Å²) < 4.78 is 28.8. The van der Waals surface area contributed by atoms with Crippen LogP contribution in [0, 0.1) is 25.2 Å². The number of hydrogen-bond acceptors (Lipinski definition) is 5. The van der Waals surface area contributed by atoms with Crippen molar-refractivity contribution < 1.29 is 8.42 Å². The second-order valence-electron chi connectivity index (χ2n) is 8.05. The predicted octanol–water partition coefficient (Wildman–Crippen LogP) is 5.24. The van der Waals surface area contributed by atoms with Crippen LogP contribution in [0.25, 0.3) is 0 Å². The Hall–Kier alpha value is -1.56. The monoisotopic (exact) mass is 493 g/mol. The summed E-state index contributed by atoms with van der Waals surface area (Å²) >= 11 is 1.45. The third-order valence-corrected chi connectivity index (χ3v) is 9.29. The van der Waals surface area contributed by atoms with Crippen molar-refractivity contribution in [1.82, 2.24) is 9.21 Å². The zero-order chi connectivity index (χ0) is 22.6. The summed E-state index contributed by atoms with van der Waals surface area (Å²) in [5, 5.41) is 9.38. The molecule has 0 bridgehead atoms. The molecule has 0 aliphatic carbocycles. The van der Waals surface area contributed by atoms with E-state index in [2.05, 4.69) is 36.9 Å². The average Bonchev–Trinajstić information content (AvgIpc) is 2.77. The zero-order valence-corrected chi connectivity index (χ0v) is 21.6. The summed E-state index contributed by atoms with van der Waals surface area (Å²) in [5.41, 5.74) is 2.59. The molecule has 0 amide bonds. The highest BCUT2D eigenvalue weighted by Crippen LogP contribution is 2.37. The Kier molecular flexibility index (Phi) is 9.62. The lowest BCUT2D eigenvalue weighted by Crippen LogP contribution is -2.51. The van der Waals surface area contributed by atoms with Crippen molar-refractivity contribution in [3.05, 3.63) is 53.1 Å². The van der Waals surface area contributed by atoms with Crippen molar-refractivity contribution in [1.29, 1.82) is 5.26 Å². The molecule has 174 valence electrons. The molecular weight excluding hydrogens is 462 g/mol. The molecule has 1 fully saturated rings. The van der Waals surface area contributed by atoms with Gasteiger partial charge in [0.15, 0.2) is 0 Å². The minimum absolute atomic E-state index is 0. The van der Waals surface area contributed by atoms with Crippen LogP contribution in [0.3, 0.4) is 0 Å². The Labute approximate surface area is 203 Å². The Morgan fingerprint density at radius 2 is 1.66 bits per heavy atom. The summed E-state index contributed by atoms with van der Waals surface area (Å²) in [5.74, 6) is 0. The highest BCUT2D eigenvalue weighted by atomic mass is 35.5. The Bertz CT molecular complexity index is 1070. The van der Waals surface area contributed by atoms with Gasteiger partial charge in [-0.3, -0.25) is 4.90 Å². The SMILES string of the molecule is CCC(CC)N1CCN(S(=O)(=O)c2cc(C#N)ccc2Sc2cc(C)ccc2C)CC1.Cl. The molecular formula is C24H32ClN3O2S2. The first-order valence-electron chi connectivity index (χ1n) is 10.8. The quantitative estimate of drug-likeness (QED) is 0.527. The van der Waals surface area contributed by atoms with Crippen molar-refractivity contribution in [2.24, 2.45) is 0 Å². The molecule has 0 spiro atoms. The van der Waals surface area contributed by atoms with Gasteiger partial charge in [-0.05, 0) is 62.1 Å². The topological polar surface area (TPSA) is 64.4 Å². The molecule has 0 radical (unpaired) electrons. The molecule has 1 heterocycles. The first kappa shape index (κ1) is 26.7. The lowest BCUT2D eigenvalue weighted by molar-refractivity contribution is 0.130. The lowest BCUT2D eigenvalue weighted by Gasteiger charge is -2.38. The smallest absolute Gasteiger partial charge is 0.244 e. The fourth-order valence-corrected chi connectivity index (χ4v) is 7.02. The number of hydrogen-bond donors (Lipinski definition) is 0. The second kappa shape index (κ2) is 11.5. The number of nitrogens with zero attached hydrogens (tertiary/aromatic N) is 3. The van der Waals surface area contributed by atoms with E-state index in [1.807, 2.05) is 19.9 Å². The normalized spacial score (nSPS) is 15.4. The Morgan fingerprint density at radius 3 is 2.25 bits per heavy atom. The molecule has 32 heavy (non-hydrogen) atoms. The van der Waals surface area contributed by atoms with Gasteiger partial charge in [0.2, 0.25) is 10.0 Å². The highest BCUT2D eigenvalue weighted by molar-refractivity contribution is 8.00. The van der Waals surface area contributed by atoms with Crippen LogP contribution in [-0.4, -0.2) is 49.8 Å². The van der Waals surface area contributed by atoms with Gasteiger partial charge in [-0.15, -0.1) is 12.4 Å². The van der Waals surface area contributed by atoms with Crippen LogP contribution in [0.4, 0.5) is 0 Å². The van der Waals surface area contributed by atoms with Crippen LogP contribution < -0.4 is 0 Å². The molecule has 1 aliphatic rings. The standard InChI is InChI=1S/C24H31N3O2S2.ClH/c1-5-21(6-2)26-11-13-27(14-12-26)31(28,29)24-16-20(17-25)9-10-22(24)30-23-15-18(3)7-8-19(23)4;/h7-10,15-16,21H,5-6,11-14H2,1-4H3;1H. The van der Waals surface area contributed by atoms with Crippen molar-refractivity contribution in [3.8, 4) is 6.07 Å². The average molecular weight is 494 g/mol. The van der Waals surface area contributed by atoms with Crippen LogP contribution >= 0.6 is 24.2 Å². The van der Waals surface area contributed by atoms with Crippen LogP contribution in [0.5, 0.6) is 0 Å². The van der Waals surface area contributed by atoms with Crippen LogP contribution in [0.15, 0.2) is 51.1 Å². The summed E-state index contributed by atoms with van der Waals surface area (Å²) in [6, 6.07) is 13.7. The summed E-state index contributed by atoms with van der Waals surface area (Å²) in [7, 11) is -3.70. The van der Waals surface area contributed by atoms with Crippen molar-refractivity contribution in [2.45, 2.75) is 61.3 Å². The molecule has 0 unspecified atom stereocenters. The van der Waals surface area contributed by atoms with Gasteiger partial charge in [0, 0.05) is 42.0 Å². The number of piperazine rings is 1. The van der Waals surface area contributed by atoms with E-state index in [1.54, 1.807) is 16.4 Å². The van der Waals surface area contributed by atoms with Crippen molar-refractivity contribution in [3.63, 3.8) is 0 Å². The molecule has 1 aliphatic heterocycles. The van der Waals surface area contributed by atoms with E-state index >= 15 is 0 Å². The van der Waals surface area contributed by atoms with Crippen LogP contribution in [-0.2, 0) is 10.0 Å². The first-order chi connectivity index (χ1) is 14.8. The summed E-state index contributed by atoms with van der Waals surface area (Å²) in [6.07, 6.45) is 2.15. The third-order valence-electron chi connectivity index (χ3n) is 5.99. The fourth-order valence-electron chi connectivity index (χ4n) is 4.05. The van der Waals surface area contributed by atoms with Gasteiger partial charge in [-0.1, -0.05) is 37.7 Å². The van der Waals surface area contributed by atoms with Crippen molar-refractivity contribution >= 4 is 34.2 Å². The Balaban J connectivity index is 0.00000363. The van der Waals surface area contributed by atoms with E-state index in [9.17, 15) is 13.7 Å². The van der Waals surface area contributed by atoms with E-state index in [1.165, 1.54) is 17.8 Å². The van der Waals surface area contributed by atoms with Gasteiger partial charge < -0.3 is 0 Å².